The third-order valence-corrected chi connectivity index (χ3v) is 6.04. The van der Waals surface area contributed by atoms with Gasteiger partial charge in [0.15, 0.2) is 0 Å². The zero-order valence-electron chi connectivity index (χ0n) is 17.9. The lowest BCUT2D eigenvalue weighted by molar-refractivity contribution is -0.121. The number of amides is 4. The minimum atomic E-state index is -0.307. The van der Waals surface area contributed by atoms with E-state index < -0.39 is 0 Å². The van der Waals surface area contributed by atoms with Crippen molar-refractivity contribution in [3.63, 3.8) is 0 Å². The van der Waals surface area contributed by atoms with Crippen LogP contribution in [-0.2, 0) is 11.3 Å². The maximum absolute atomic E-state index is 12.5. The normalized spacial score (nSPS) is 16.1. The van der Waals surface area contributed by atoms with E-state index in [9.17, 15) is 19.2 Å². The number of carbonyl (C=O) groups is 4. The van der Waals surface area contributed by atoms with Crippen molar-refractivity contribution in [1.29, 1.82) is 0 Å². The Bertz CT molecular complexity index is 991. The molecule has 1 heterocycles. The van der Waals surface area contributed by atoms with E-state index in [1.54, 1.807) is 48.5 Å². The molecule has 0 saturated heterocycles. The van der Waals surface area contributed by atoms with Gasteiger partial charge < -0.3 is 10.6 Å². The molecule has 7 nitrogen and oxygen atoms in total. The van der Waals surface area contributed by atoms with Crippen molar-refractivity contribution in [1.82, 2.24) is 15.5 Å². The van der Waals surface area contributed by atoms with Crippen LogP contribution in [0.4, 0.5) is 0 Å². The van der Waals surface area contributed by atoms with Gasteiger partial charge in [0, 0.05) is 24.6 Å². The third-order valence-electron chi connectivity index (χ3n) is 6.04. The fraction of sp³-hybridized carbons (Fsp3) is 0.360. The molecule has 2 aromatic rings. The van der Waals surface area contributed by atoms with Crippen molar-refractivity contribution in [3.05, 3.63) is 70.8 Å². The smallest absolute Gasteiger partial charge is 0.261 e. The number of imide groups is 1. The van der Waals surface area contributed by atoms with Gasteiger partial charge in [-0.25, -0.2) is 0 Å². The number of carbonyl (C=O) groups excluding carboxylic acids is 4. The van der Waals surface area contributed by atoms with Crippen LogP contribution in [0.25, 0.3) is 0 Å². The zero-order chi connectivity index (χ0) is 22.5. The van der Waals surface area contributed by atoms with E-state index in [1.807, 2.05) is 0 Å². The van der Waals surface area contributed by atoms with Gasteiger partial charge in [-0.15, -0.1) is 0 Å². The standard InChI is InChI=1S/C25H27N3O4/c29-22(27-19-6-2-1-3-7-19)14-15-26-23(30)18-12-10-17(11-13-18)16-28-24(31)20-8-4-5-9-21(20)25(28)32/h4-5,8-13,19H,1-3,6-7,14-16H2,(H,26,30)(H,27,29). The fourth-order valence-electron chi connectivity index (χ4n) is 4.27. The molecular formula is C25H27N3O4. The van der Waals surface area contributed by atoms with E-state index in [0.717, 1.165) is 31.2 Å². The Morgan fingerprint density at radius 2 is 1.50 bits per heavy atom. The molecule has 32 heavy (non-hydrogen) atoms. The van der Waals surface area contributed by atoms with Crippen LogP contribution in [0.3, 0.4) is 0 Å². The third kappa shape index (κ3) is 4.88. The molecule has 2 aromatic carbocycles. The summed E-state index contributed by atoms with van der Waals surface area (Å²) in [6, 6.07) is 13.8. The highest BCUT2D eigenvalue weighted by molar-refractivity contribution is 6.21. The maximum Gasteiger partial charge on any atom is 0.261 e. The van der Waals surface area contributed by atoms with Gasteiger partial charge in [-0.1, -0.05) is 43.5 Å². The molecule has 0 atom stereocenters. The Balaban J connectivity index is 1.25. The lowest BCUT2D eigenvalue weighted by Gasteiger charge is -2.22. The highest BCUT2D eigenvalue weighted by Gasteiger charge is 2.34. The predicted molar refractivity (Wildman–Crippen MR) is 119 cm³/mol. The second-order valence-electron chi connectivity index (χ2n) is 8.35. The Kier molecular flexibility index (Phi) is 6.63. The molecule has 4 rings (SSSR count). The summed E-state index contributed by atoms with van der Waals surface area (Å²) in [4.78, 5) is 50.6. The molecule has 166 valence electrons. The molecular weight excluding hydrogens is 406 g/mol. The van der Waals surface area contributed by atoms with E-state index in [-0.39, 0.29) is 49.2 Å². The Morgan fingerprint density at radius 1 is 0.875 bits per heavy atom. The Labute approximate surface area is 187 Å². The van der Waals surface area contributed by atoms with Gasteiger partial charge >= 0.3 is 0 Å². The SMILES string of the molecule is O=C(CCNC(=O)c1ccc(CN2C(=O)c3ccccc3C2=O)cc1)NC1CCCCC1. The number of benzene rings is 2. The van der Waals surface area contributed by atoms with Crippen LogP contribution in [0.1, 0.15) is 75.2 Å². The first-order valence-electron chi connectivity index (χ1n) is 11.1. The molecule has 0 unspecified atom stereocenters. The lowest BCUT2D eigenvalue weighted by Crippen LogP contribution is -2.38. The highest BCUT2D eigenvalue weighted by atomic mass is 16.2. The molecule has 0 radical (unpaired) electrons. The van der Waals surface area contributed by atoms with E-state index in [1.165, 1.54) is 11.3 Å². The first-order valence-corrected chi connectivity index (χ1v) is 11.1. The van der Waals surface area contributed by atoms with Crippen LogP contribution in [0.5, 0.6) is 0 Å². The van der Waals surface area contributed by atoms with Gasteiger partial charge in [0.2, 0.25) is 5.91 Å². The molecule has 1 fully saturated rings. The predicted octanol–water partition coefficient (Wildman–Crippen LogP) is 3.05. The summed E-state index contributed by atoms with van der Waals surface area (Å²) < 4.78 is 0. The second-order valence-corrected chi connectivity index (χ2v) is 8.35. The minimum absolute atomic E-state index is 0.0338. The second kappa shape index (κ2) is 9.77. The van der Waals surface area contributed by atoms with Crippen LogP contribution in [-0.4, -0.2) is 41.1 Å². The Morgan fingerprint density at radius 3 is 2.12 bits per heavy atom. The number of rotatable bonds is 7. The quantitative estimate of drug-likeness (QED) is 0.656. The van der Waals surface area contributed by atoms with Gasteiger partial charge in [-0.05, 0) is 42.7 Å². The number of hydrogen-bond acceptors (Lipinski definition) is 4. The largest absolute Gasteiger partial charge is 0.353 e. The molecule has 0 bridgehead atoms. The summed E-state index contributed by atoms with van der Waals surface area (Å²) in [6.07, 6.45) is 5.87. The molecule has 1 aliphatic heterocycles. The zero-order valence-corrected chi connectivity index (χ0v) is 17.9. The average Bonchev–Trinajstić information content (AvgIpc) is 3.05. The van der Waals surface area contributed by atoms with Crippen molar-refractivity contribution in [2.24, 2.45) is 0 Å². The van der Waals surface area contributed by atoms with Gasteiger partial charge in [0.1, 0.15) is 0 Å². The summed E-state index contributed by atoms with van der Waals surface area (Å²) in [5, 5.41) is 5.81. The summed E-state index contributed by atoms with van der Waals surface area (Å²) in [6.45, 7) is 0.420. The monoisotopic (exact) mass is 433 g/mol. The molecule has 7 heteroatoms. The summed E-state index contributed by atoms with van der Waals surface area (Å²) in [5.41, 5.74) is 2.05. The number of nitrogens with zero attached hydrogens (tertiary/aromatic N) is 1. The molecule has 0 aromatic heterocycles. The van der Waals surface area contributed by atoms with Gasteiger partial charge in [0.25, 0.3) is 17.7 Å². The molecule has 1 saturated carbocycles. The molecule has 1 aliphatic carbocycles. The fourth-order valence-corrected chi connectivity index (χ4v) is 4.27. The van der Waals surface area contributed by atoms with Crippen LogP contribution >= 0.6 is 0 Å². The molecule has 4 amide bonds. The van der Waals surface area contributed by atoms with Gasteiger partial charge in [-0.2, -0.15) is 0 Å². The summed E-state index contributed by atoms with van der Waals surface area (Å²) in [5.74, 6) is -0.908. The van der Waals surface area contributed by atoms with Gasteiger partial charge in [-0.3, -0.25) is 24.1 Å². The van der Waals surface area contributed by atoms with Gasteiger partial charge in [0.05, 0.1) is 17.7 Å². The van der Waals surface area contributed by atoms with E-state index in [4.69, 9.17) is 0 Å². The van der Waals surface area contributed by atoms with Crippen LogP contribution in [0, 0.1) is 0 Å². The van der Waals surface area contributed by atoms with E-state index in [0.29, 0.717) is 16.7 Å². The molecule has 2 aliphatic rings. The number of nitrogens with one attached hydrogen (secondary N) is 2. The topological polar surface area (TPSA) is 95.6 Å². The first-order chi connectivity index (χ1) is 15.5. The maximum atomic E-state index is 12.5. The van der Waals surface area contributed by atoms with Crippen molar-refractivity contribution >= 4 is 23.6 Å². The minimum Gasteiger partial charge on any atom is -0.353 e. The van der Waals surface area contributed by atoms with E-state index in [2.05, 4.69) is 10.6 Å². The van der Waals surface area contributed by atoms with Crippen LogP contribution < -0.4 is 10.6 Å². The van der Waals surface area contributed by atoms with Crippen LogP contribution in [0.15, 0.2) is 48.5 Å². The van der Waals surface area contributed by atoms with Crippen LogP contribution in [0.2, 0.25) is 0 Å². The summed E-state index contributed by atoms with van der Waals surface area (Å²) >= 11 is 0. The van der Waals surface area contributed by atoms with Crippen molar-refractivity contribution < 1.29 is 19.2 Å². The molecule has 2 N–H and O–H groups in total. The average molecular weight is 434 g/mol. The van der Waals surface area contributed by atoms with E-state index >= 15 is 0 Å². The molecule has 0 spiro atoms. The highest BCUT2D eigenvalue weighted by Crippen LogP contribution is 2.24. The lowest BCUT2D eigenvalue weighted by atomic mass is 9.95. The first kappa shape index (κ1) is 21.7. The number of fused-ring (bicyclic) bond motifs is 1. The Hall–Kier alpha value is -3.48. The van der Waals surface area contributed by atoms with Crippen molar-refractivity contribution in [2.75, 3.05) is 6.54 Å². The van der Waals surface area contributed by atoms with Crippen molar-refractivity contribution in [2.45, 2.75) is 51.1 Å². The van der Waals surface area contributed by atoms with Crippen molar-refractivity contribution in [3.8, 4) is 0 Å². The summed E-state index contributed by atoms with van der Waals surface area (Å²) in [7, 11) is 0. The number of hydrogen-bond donors (Lipinski definition) is 2.